The van der Waals surface area contributed by atoms with Crippen LogP contribution >= 0.6 is 11.3 Å². The zero-order chi connectivity index (χ0) is 27.1. The molecule has 0 spiro atoms. The van der Waals surface area contributed by atoms with Crippen molar-refractivity contribution < 1.29 is 5.48 Å². The highest BCUT2D eigenvalue weighted by Crippen LogP contribution is 2.48. The van der Waals surface area contributed by atoms with Crippen molar-refractivity contribution in [2.75, 3.05) is 0 Å². The topological polar surface area (TPSA) is 4.93 Å². The van der Waals surface area contributed by atoms with Crippen molar-refractivity contribution in [3.8, 4) is 16.8 Å². The van der Waals surface area contributed by atoms with Crippen LogP contribution in [0.25, 0.3) is 69.6 Å². The average molecular weight is 480 g/mol. The molecule has 2 aromatic heterocycles. The standard InChI is InChI=1S/C34H21NS/c1-3-11-22(12-4-1)23-19-20-27-29(21-23)35(24-13-5-2-6-14-24)33-26-16-8-7-15-25(26)31-28-17-9-10-18-30(28)36-34(31)32(27)33/h1-21H/i9D,10D,17D,18D. The first-order chi connectivity index (χ1) is 19.5. The summed E-state index contributed by atoms with van der Waals surface area (Å²) >= 11 is 1.47. The van der Waals surface area contributed by atoms with Gasteiger partial charge in [0.2, 0.25) is 0 Å². The van der Waals surface area contributed by atoms with Crippen LogP contribution in [0.1, 0.15) is 5.48 Å². The highest BCUT2D eigenvalue weighted by atomic mass is 32.1. The normalized spacial score (nSPS) is 13.4. The maximum Gasteiger partial charge on any atom is 0.0638 e. The van der Waals surface area contributed by atoms with Crippen molar-refractivity contribution >= 4 is 64.1 Å². The van der Waals surface area contributed by atoms with Gasteiger partial charge in [-0.1, -0.05) is 103 Å². The summed E-state index contributed by atoms with van der Waals surface area (Å²) in [7, 11) is 0. The highest BCUT2D eigenvalue weighted by molar-refractivity contribution is 7.27. The molecule has 2 heteroatoms. The summed E-state index contributed by atoms with van der Waals surface area (Å²) in [4.78, 5) is 0. The number of hydrogen-bond donors (Lipinski definition) is 0. The van der Waals surface area contributed by atoms with Gasteiger partial charge in [0.15, 0.2) is 0 Å². The van der Waals surface area contributed by atoms with Gasteiger partial charge < -0.3 is 4.57 Å². The number of rotatable bonds is 2. The lowest BCUT2D eigenvalue weighted by atomic mass is 9.99. The molecule has 168 valence electrons. The van der Waals surface area contributed by atoms with Gasteiger partial charge in [-0.15, -0.1) is 11.3 Å². The second-order valence-corrected chi connectivity index (χ2v) is 10.1. The van der Waals surface area contributed by atoms with E-state index < -0.39 is 0 Å². The first-order valence-electron chi connectivity index (χ1n) is 14.0. The molecule has 0 saturated heterocycles. The predicted molar refractivity (Wildman–Crippen MR) is 157 cm³/mol. The second kappa shape index (κ2) is 7.55. The molecule has 0 bridgehead atoms. The molecule has 8 rings (SSSR count). The molecule has 8 aromatic rings. The number of thiophene rings is 1. The third kappa shape index (κ3) is 2.71. The van der Waals surface area contributed by atoms with Crippen LogP contribution in [0.5, 0.6) is 0 Å². The lowest BCUT2D eigenvalue weighted by Gasteiger charge is -2.11. The first-order valence-corrected chi connectivity index (χ1v) is 12.8. The van der Waals surface area contributed by atoms with Crippen molar-refractivity contribution in [2.45, 2.75) is 0 Å². The fourth-order valence-electron chi connectivity index (χ4n) is 5.59. The lowest BCUT2D eigenvalue weighted by molar-refractivity contribution is 1.19. The van der Waals surface area contributed by atoms with Gasteiger partial charge in [0.05, 0.1) is 16.5 Å². The van der Waals surface area contributed by atoms with E-state index in [1.807, 2.05) is 24.3 Å². The van der Waals surface area contributed by atoms with E-state index in [4.69, 9.17) is 5.48 Å². The van der Waals surface area contributed by atoms with Crippen molar-refractivity contribution in [2.24, 2.45) is 0 Å². The van der Waals surface area contributed by atoms with Gasteiger partial charge in [0, 0.05) is 42.0 Å². The van der Waals surface area contributed by atoms with Crippen molar-refractivity contribution in [1.82, 2.24) is 4.57 Å². The minimum atomic E-state index is -0.194. The van der Waals surface area contributed by atoms with E-state index in [-0.39, 0.29) is 24.2 Å². The lowest BCUT2D eigenvalue weighted by Crippen LogP contribution is -1.94. The molecule has 0 aliphatic heterocycles. The maximum atomic E-state index is 8.84. The minimum absolute atomic E-state index is 0.0184. The van der Waals surface area contributed by atoms with Crippen LogP contribution in [-0.4, -0.2) is 4.57 Å². The molecule has 0 unspecified atom stereocenters. The van der Waals surface area contributed by atoms with Gasteiger partial charge in [-0.05, 0) is 40.8 Å². The van der Waals surface area contributed by atoms with Gasteiger partial charge >= 0.3 is 0 Å². The van der Waals surface area contributed by atoms with Crippen molar-refractivity contribution in [3.63, 3.8) is 0 Å². The molecule has 0 aliphatic rings. The smallest absolute Gasteiger partial charge is 0.0638 e. The summed E-state index contributed by atoms with van der Waals surface area (Å²) in [5.41, 5.74) is 5.50. The average Bonchev–Trinajstić information content (AvgIpc) is 3.57. The van der Waals surface area contributed by atoms with Crippen LogP contribution < -0.4 is 0 Å². The van der Waals surface area contributed by atoms with Crippen LogP contribution in [0.2, 0.25) is 0 Å². The van der Waals surface area contributed by atoms with Gasteiger partial charge in [-0.3, -0.25) is 0 Å². The van der Waals surface area contributed by atoms with Crippen LogP contribution in [0.4, 0.5) is 0 Å². The van der Waals surface area contributed by atoms with Crippen LogP contribution in [-0.2, 0) is 0 Å². The molecule has 0 fully saturated rings. The Labute approximate surface area is 218 Å². The quantitative estimate of drug-likeness (QED) is 0.232. The molecule has 0 saturated carbocycles. The molecule has 0 radical (unpaired) electrons. The first kappa shape index (κ1) is 16.3. The maximum absolute atomic E-state index is 8.84. The number of aromatic nitrogens is 1. The summed E-state index contributed by atoms with van der Waals surface area (Å²) in [5.74, 6) is 0. The Morgan fingerprint density at radius 1 is 0.583 bits per heavy atom. The van der Waals surface area contributed by atoms with Gasteiger partial charge in [0.1, 0.15) is 0 Å². The largest absolute Gasteiger partial charge is 0.309 e. The number of para-hydroxylation sites is 1. The number of hydrogen-bond acceptors (Lipinski definition) is 1. The summed E-state index contributed by atoms with van der Waals surface area (Å²) in [6.07, 6.45) is 0. The monoisotopic (exact) mass is 479 g/mol. The van der Waals surface area contributed by atoms with E-state index in [0.29, 0.717) is 10.1 Å². The van der Waals surface area contributed by atoms with Gasteiger partial charge in [-0.25, -0.2) is 0 Å². The number of nitrogens with zero attached hydrogens (tertiary/aromatic N) is 1. The van der Waals surface area contributed by atoms with Gasteiger partial charge in [-0.2, -0.15) is 0 Å². The fraction of sp³-hybridized carbons (Fsp3) is 0. The van der Waals surface area contributed by atoms with Crippen LogP contribution in [0.3, 0.4) is 0 Å². The molecule has 2 heterocycles. The number of fused-ring (bicyclic) bond motifs is 10. The Balaban J connectivity index is 1.67. The third-order valence-electron chi connectivity index (χ3n) is 7.10. The second-order valence-electron chi connectivity index (χ2n) is 9.05. The molecule has 0 amide bonds. The number of benzene rings is 6. The zero-order valence-corrected chi connectivity index (χ0v) is 20.0. The van der Waals surface area contributed by atoms with E-state index in [2.05, 4.69) is 83.4 Å². The van der Waals surface area contributed by atoms with Crippen LogP contribution in [0.15, 0.2) is 127 Å². The van der Waals surface area contributed by atoms with E-state index in [0.717, 1.165) is 59.5 Å². The van der Waals surface area contributed by atoms with Crippen molar-refractivity contribution in [3.05, 3.63) is 127 Å². The third-order valence-corrected chi connectivity index (χ3v) is 8.23. The van der Waals surface area contributed by atoms with Crippen molar-refractivity contribution in [1.29, 1.82) is 0 Å². The molecule has 0 N–H and O–H groups in total. The molecule has 1 nitrogen and oxygen atoms in total. The Morgan fingerprint density at radius 2 is 1.31 bits per heavy atom. The Kier molecular flexibility index (Phi) is 3.42. The highest BCUT2D eigenvalue weighted by Gasteiger charge is 2.21. The Hall–Kier alpha value is -4.40. The summed E-state index contributed by atoms with van der Waals surface area (Å²) in [5, 5.41) is 5.71. The van der Waals surface area contributed by atoms with E-state index >= 15 is 0 Å². The molecular formula is C34H21NS. The molecule has 0 aliphatic carbocycles. The molecule has 36 heavy (non-hydrogen) atoms. The molecule has 0 atom stereocenters. The van der Waals surface area contributed by atoms with E-state index in [1.165, 1.54) is 11.3 Å². The summed E-state index contributed by atoms with van der Waals surface area (Å²) in [6, 6.07) is 35.3. The van der Waals surface area contributed by atoms with Gasteiger partial charge in [0.25, 0.3) is 0 Å². The minimum Gasteiger partial charge on any atom is -0.309 e. The zero-order valence-electron chi connectivity index (χ0n) is 23.2. The van der Waals surface area contributed by atoms with Crippen LogP contribution in [0, 0.1) is 0 Å². The summed E-state index contributed by atoms with van der Waals surface area (Å²) in [6.45, 7) is 0. The Morgan fingerprint density at radius 3 is 2.14 bits per heavy atom. The predicted octanol–water partition coefficient (Wildman–Crippen LogP) is 9.97. The SMILES string of the molecule is [2H]c1c([2H])c([2H])c2c(sc3c2c2ccccc2c2c3c3ccc(-c4ccccc4)cc3n2-c2ccccc2)c1[2H]. The summed E-state index contributed by atoms with van der Waals surface area (Å²) < 4.78 is 38.2. The molecule has 6 aromatic carbocycles. The van der Waals surface area contributed by atoms with E-state index in [9.17, 15) is 0 Å². The molecular weight excluding hydrogens is 454 g/mol. The fourth-order valence-corrected chi connectivity index (χ4v) is 6.77. The Bertz CT molecular complexity index is 2300. The van der Waals surface area contributed by atoms with E-state index in [1.54, 1.807) is 0 Å².